The number of amides is 1. The molecule has 3 rings (SSSR count). The normalized spacial score (nSPS) is 24.1. The Balaban J connectivity index is 1.55. The molecule has 0 radical (unpaired) electrons. The molecule has 8 heteroatoms. The lowest BCUT2D eigenvalue weighted by atomic mass is 9.95. The lowest BCUT2D eigenvalue weighted by molar-refractivity contribution is -0.928. The van der Waals surface area contributed by atoms with Gasteiger partial charge in [-0.3, -0.25) is 24.3 Å². The number of nitrogens with one attached hydrogen (secondary N) is 1. The fourth-order valence-electron chi connectivity index (χ4n) is 3.97. The van der Waals surface area contributed by atoms with Crippen LogP contribution in [-0.4, -0.2) is 46.5 Å². The summed E-state index contributed by atoms with van der Waals surface area (Å²) in [4.78, 5) is 38.3. The van der Waals surface area contributed by atoms with Gasteiger partial charge in [0.1, 0.15) is 0 Å². The molecule has 26 heavy (non-hydrogen) atoms. The second-order valence-corrected chi connectivity index (χ2v) is 7.37. The molecule has 1 aromatic heterocycles. The van der Waals surface area contributed by atoms with Gasteiger partial charge in [-0.05, 0) is 12.8 Å². The SMILES string of the molecule is O=C(C1CC[NH+](Cn2cc([N+](=O)[O-])ccc2=O)CC1)N1CCCCCC1. The maximum atomic E-state index is 12.7. The molecule has 0 saturated carbocycles. The van der Waals surface area contributed by atoms with E-state index in [9.17, 15) is 19.7 Å². The Hall–Kier alpha value is -2.22. The number of quaternary nitrogens is 1. The second kappa shape index (κ2) is 8.44. The lowest BCUT2D eigenvalue weighted by Gasteiger charge is -2.32. The minimum atomic E-state index is -0.489. The van der Waals surface area contributed by atoms with Crippen molar-refractivity contribution in [3.05, 3.63) is 38.8 Å². The zero-order valence-corrected chi connectivity index (χ0v) is 15.1. The molecular formula is C18H27N4O4+. The first kappa shape index (κ1) is 18.6. The number of piperidine rings is 1. The van der Waals surface area contributed by atoms with Crippen LogP contribution in [0.1, 0.15) is 38.5 Å². The van der Waals surface area contributed by atoms with Crippen LogP contribution in [0.3, 0.4) is 0 Å². The van der Waals surface area contributed by atoms with E-state index in [1.807, 2.05) is 4.90 Å². The topological polar surface area (TPSA) is 89.9 Å². The van der Waals surface area contributed by atoms with E-state index < -0.39 is 4.92 Å². The van der Waals surface area contributed by atoms with Crippen molar-refractivity contribution in [3.63, 3.8) is 0 Å². The number of carbonyl (C=O) groups excluding carboxylic acids is 1. The number of likely N-dealkylation sites (tertiary alicyclic amines) is 2. The zero-order chi connectivity index (χ0) is 18.5. The fourth-order valence-corrected chi connectivity index (χ4v) is 3.97. The Labute approximate surface area is 152 Å². The Kier molecular flexibility index (Phi) is 6.03. The molecule has 8 nitrogen and oxygen atoms in total. The first-order valence-corrected chi connectivity index (χ1v) is 9.52. The van der Waals surface area contributed by atoms with Crippen LogP contribution in [-0.2, 0) is 11.5 Å². The average molecular weight is 363 g/mol. The molecule has 1 amide bonds. The fraction of sp³-hybridized carbons (Fsp3) is 0.667. The molecule has 0 bridgehead atoms. The minimum absolute atomic E-state index is 0.0739. The predicted octanol–water partition coefficient (Wildman–Crippen LogP) is 0.412. The van der Waals surface area contributed by atoms with E-state index >= 15 is 0 Å². The smallest absolute Gasteiger partial charge is 0.285 e. The lowest BCUT2D eigenvalue weighted by Crippen LogP contribution is -3.12. The average Bonchev–Trinajstić information content (AvgIpc) is 2.93. The summed E-state index contributed by atoms with van der Waals surface area (Å²) >= 11 is 0. The van der Waals surface area contributed by atoms with Crippen LogP contribution >= 0.6 is 0 Å². The maximum absolute atomic E-state index is 12.7. The number of pyridine rings is 1. The minimum Gasteiger partial charge on any atom is -0.342 e. The monoisotopic (exact) mass is 363 g/mol. The summed E-state index contributed by atoms with van der Waals surface area (Å²) in [5, 5.41) is 10.9. The van der Waals surface area contributed by atoms with Gasteiger partial charge in [0.05, 0.1) is 24.2 Å². The van der Waals surface area contributed by atoms with Gasteiger partial charge < -0.3 is 9.80 Å². The predicted molar refractivity (Wildman–Crippen MR) is 95.8 cm³/mol. The Bertz CT molecular complexity index is 701. The quantitative estimate of drug-likeness (QED) is 0.620. The molecular weight excluding hydrogens is 336 g/mol. The molecule has 1 aromatic rings. The maximum Gasteiger partial charge on any atom is 0.285 e. The van der Waals surface area contributed by atoms with E-state index in [0.29, 0.717) is 12.6 Å². The molecule has 2 saturated heterocycles. The van der Waals surface area contributed by atoms with Crippen LogP contribution < -0.4 is 10.5 Å². The standard InChI is InChI=1S/C18H26N4O4/c23-17-6-5-16(22(25)26)13-21(17)14-19-11-7-15(8-12-19)18(24)20-9-3-1-2-4-10-20/h5-6,13,15H,1-4,7-12,14H2/p+1. The van der Waals surface area contributed by atoms with Crippen molar-refractivity contribution in [2.45, 2.75) is 45.2 Å². The van der Waals surface area contributed by atoms with Crippen molar-refractivity contribution in [1.29, 1.82) is 0 Å². The summed E-state index contributed by atoms with van der Waals surface area (Å²) < 4.78 is 1.41. The van der Waals surface area contributed by atoms with Crippen molar-refractivity contribution in [2.24, 2.45) is 5.92 Å². The van der Waals surface area contributed by atoms with Crippen molar-refractivity contribution in [3.8, 4) is 0 Å². The van der Waals surface area contributed by atoms with E-state index in [1.54, 1.807) is 0 Å². The van der Waals surface area contributed by atoms with Crippen molar-refractivity contribution >= 4 is 11.6 Å². The highest BCUT2D eigenvalue weighted by molar-refractivity contribution is 5.78. The van der Waals surface area contributed by atoms with E-state index in [2.05, 4.69) is 0 Å². The number of aromatic nitrogens is 1. The van der Waals surface area contributed by atoms with E-state index in [4.69, 9.17) is 0 Å². The molecule has 0 aliphatic carbocycles. The third-order valence-electron chi connectivity index (χ3n) is 5.53. The Morgan fingerprint density at radius 1 is 1.15 bits per heavy atom. The van der Waals surface area contributed by atoms with Crippen molar-refractivity contribution < 1.29 is 14.6 Å². The number of rotatable bonds is 4. The summed E-state index contributed by atoms with van der Waals surface area (Å²) in [6.45, 7) is 3.79. The highest BCUT2D eigenvalue weighted by Crippen LogP contribution is 2.17. The van der Waals surface area contributed by atoms with Gasteiger partial charge in [0, 0.05) is 44.0 Å². The van der Waals surface area contributed by atoms with Crippen LogP contribution in [0.15, 0.2) is 23.1 Å². The third-order valence-corrected chi connectivity index (χ3v) is 5.53. The van der Waals surface area contributed by atoms with Gasteiger partial charge in [-0.2, -0.15) is 0 Å². The molecule has 2 aliphatic heterocycles. The van der Waals surface area contributed by atoms with Crippen LogP contribution in [0.25, 0.3) is 0 Å². The zero-order valence-electron chi connectivity index (χ0n) is 15.1. The van der Waals surface area contributed by atoms with E-state index in [0.717, 1.165) is 51.9 Å². The number of nitrogens with zero attached hydrogens (tertiary/aromatic N) is 3. The summed E-state index contributed by atoms with van der Waals surface area (Å²) in [5.41, 5.74) is -0.305. The van der Waals surface area contributed by atoms with Gasteiger partial charge in [-0.25, -0.2) is 0 Å². The number of carbonyl (C=O) groups is 1. The van der Waals surface area contributed by atoms with Crippen LogP contribution in [0.2, 0.25) is 0 Å². The van der Waals surface area contributed by atoms with Gasteiger partial charge in [-0.15, -0.1) is 0 Å². The second-order valence-electron chi connectivity index (χ2n) is 7.37. The van der Waals surface area contributed by atoms with Gasteiger partial charge in [0.2, 0.25) is 5.91 Å². The number of nitro groups is 1. The molecule has 0 aromatic carbocycles. The van der Waals surface area contributed by atoms with Gasteiger partial charge in [0.15, 0.2) is 6.67 Å². The highest BCUT2D eigenvalue weighted by Gasteiger charge is 2.31. The van der Waals surface area contributed by atoms with Crippen LogP contribution in [0.5, 0.6) is 0 Å². The molecule has 142 valence electrons. The van der Waals surface area contributed by atoms with Crippen LogP contribution in [0, 0.1) is 16.0 Å². The summed E-state index contributed by atoms with van der Waals surface area (Å²) in [5.74, 6) is 0.372. The molecule has 1 N–H and O–H groups in total. The first-order chi connectivity index (χ1) is 12.5. The summed E-state index contributed by atoms with van der Waals surface area (Å²) in [7, 11) is 0. The molecule has 0 spiro atoms. The molecule has 2 fully saturated rings. The summed E-state index contributed by atoms with van der Waals surface area (Å²) in [6, 6.07) is 2.48. The van der Waals surface area contributed by atoms with Gasteiger partial charge >= 0.3 is 0 Å². The number of hydrogen-bond acceptors (Lipinski definition) is 4. The molecule has 2 aliphatic rings. The van der Waals surface area contributed by atoms with E-state index in [-0.39, 0.29) is 17.2 Å². The summed E-state index contributed by atoms with van der Waals surface area (Å²) in [6.07, 6.45) is 7.57. The van der Waals surface area contributed by atoms with Crippen LogP contribution in [0.4, 0.5) is 5.69 Å². The molecule has 3 heterocycles. The van der Waals surface area contributed by atoms with E-state index in [1.165, 1.54) is 40.6 Å². The van der Waals surface area contributed by atoms with Crippen molar-refractivity contribution in [1.82, 2.24) is 9.47 Å². The first-order valence-electron chi connectivity index (χ1n) is 9.52. The Morgan fingerprint density at radius 2 is 1.81 bits per heavy atom. The largest absolute Gasteiger partial charge is 0.342 e. The Morgan fingerprint density at radius 3 is 2.42 bits per heavy atom. The molecule has 0 atom stereocenters. The van der Waals surface area contributed by atoms with Crippen molar-refractivity contribution in [2.75, 3.05) is 26.2 Å². The van der Waals surface area contributed by atoms with Gasteiger partial charge in [0.25, 0.3) is 11.2 Å². The van der Waals surface area contributed by atoms with Gasteiger partial charge in [-0.1, -0.05) is 12.8 Å². The molecule has 0 unspecified atom stereocenters. The number of hydrogen-bond donors (Lipinski definition) is 1. The third kappa shape index (κ3) is 4.49. The highest BCUT2D eigenvalue weighted by atomic mass is 16.6.